The predicted molar refractivity (Wildman–Crippen MR) is 85.2 cm³/mol. The van der Waals surface area contributed by atoms with Gasteiger partial charge in [0.25, 0.3) is 0 Å². The molecule has 21 heavy (non-hydrogen) atoms. The zero-order chi connectivity index (χ0) is 15.2. The lowest BCUT2D eigenvalue weighted by atomic mass is 9.80. The Hall–Kier alpha value is -0.970. The molecule has 1 aliphatic heterocycles. The molecule has 1 aliphatic rings. The molecule has 1 fully saturated rings. The monoisotopic (exact) mass is 330 g/mol. The molecule has 6 heteroatoms. The van der Waals surface area contributed by atoms with Crippen LogP contribution in [-0.2, 0) is 4.74 Å². The Morgan fingerprint density at radius 3 is 2.95 bits per heavy atom. The molecule has 116 valence electrons. The van der Waals surface area contributed by atoms with Crippen LogP contribution >= 0.6 is 23.2 Å². The summed E-state index contributed by atoms with van der Waals surface area (Å²) in [5.41, 5.74) is 1.18. The molecule has 2 rings (SSSR count). The first-order chi connectivity index (χ1) is 10.1. The molecule has 1 amide bonds. The molecule has 1 saturated heterocycles. The molecule has 1 aromatic rings. The Balaban J connectivity index is 2.01. The van der Waals surface area contributed by atoms with Crippen LogP contribution in [0.25, 0.3) is 0 Å². The van der Waals surface area contributed by atoms with E-state index in [0.717, 1.165) is 25.9 Å². The highest BCUT2D eigenvalue weighted by Crippen LogP contribution is 2.34. The van der Waals surface area contributed by atoms with Crippen LogP contribution in [0.3, 0.4) is 0 Å². The molecule has 0 bridgehead atoms. The van der Waals surface area contributed by atoms with Crippen LogP contribution in [0.5, 0.6) is 0 Å². The molecule has 1 heterocycles. The van der Waals surface area contributed by atoms with Crippen molar-refractivity contribution in [3.05, 3.63) is 33.8 Å². The number of nitrogens with one attached hydrogen (secondary N) is 2. The SMILES string of the molecule is CNC(=O)OCCC1CCNCC1c1ccc(Cl)c(Cl)c1. The van der Waals surface area contributed by atoms with Crippen LogP contribution in [0.1, 0.15) is 24.3 Å². The molecule has 2 atom stereocenters. The Kier molecular flexibility index (Phi) is 6.15. The number of piperidine rings is 1. The highest BCUT2D eigenvalue weighted by Gasteiger charge is 2.26. The Labute approximate surface area is 135 Å². The van der Waals surface area contributed by atoms with E-state index in [4.69, 9.17) is 27.9 Å². The van der Waals surface area contributed by atoms with E-state index in [-0.39, 0.29) is 6.09 Å². The van der Waals surface area contributed by atoms with Crippen molar-refractivity contribution in [2.45, 2.75) is 18.8 Å². The lowest BCUT2D eigenvalue weighted by Gasteiger charge is -2.32. The Morgan fingerprint density at radius 2 is 2.24 bits per heavy atom. The van der Waals surface area contributed by atoms with Crippen LogP contribution in [0.15, 0.2) is 18.2 Å². The van der Waals surface area contributed by atoms with Gasteiger partial charge in [-0.1, -0.05) is 29.3 Å². The van der Waals surface area contributed by atoms with Crippen molar-refractivity contribution < 1.29 is 9.53 Å². The van der Waals surface area contributed by atoms with Crippen molar-refractivity contribution in [2.24, 2.45) is 5.92 Å². The standard InChI is InChI=1S/C15H20Cl2N2O2/c1-18-15(20)21-7-5-10-4-6-19-9-12(10)11-2-3-13(16)14(17)8-11/h2-3,8,10,12,19H,4-7,9H2,1H3,(H,18,20). The molecule has 0 saturated carbocycles. The molecule has 2 unspecified atom stereocenters. The first-order valence-electron chi connectivity index (χ1n) is 7.12. The zero-order valence-corrected chi connectivity index (χ0v) is 13.5. The van der Waals surface area contributed by atoms with Crippen LogP contribution < -0.4 is 10.6 Å². The van der Waals surface area contributed by atoms with Gasteiger partial charge in [-0.15, -0.1) is 0 Å². The third-order valence-corrected chi connectivity index (χ3v) is 4.66. The van der Waals surface area contributed by atoms with E-state index < -0.39 is 0 Å². The summed E-state index contributed by atoms with van der Waals surface area (Å²) in [5, 5.41) is 7.02. The number of halogens is 2. The van der Waals surface area contributed by atoms with Gasteiger partial charge in [0.15, 0.2) is 0 Å². The molecule has 0 spiro atoms. The summed E-state index contributed by atoms with van der Waals surface area (Å²) in [4.78, 5) is 11.1. The molecule has 4 nitrogen and oxygen atoms in total. The van der Waals surface area contributed by atoms with Crippen LogP contribution in [0, 0.1) is 5.92 Å². The topological polar surface area (TPSA) is 50.4 Å². The second-order valence-corrected chi connectivity index (χ2v) is 6.02. The van der Waals surface area contributed by atoms with Crippen molar-refractivity contribution in [3.8, 4) is 0 Å². The first-order valence-corrected chi connectivity index (χ1v) is 7.87. The van der Waals surface area contributed by atoms with E-state index in [9.17, 15) is 4.79 Å². The smallest absolute Gasteiger partial charge is 0.406 e. The summed E-state index contributed by atoms with van der Waals surface area (Å²) >= 11 is 12.1. The molecular weight excluding hydrogens is 311 g/mol. The van der Waals surface area contributed by atoms with Crippen molar-refractivity contribution in [1.82, 2.24) is 10.6 Å². The molecule has 1 aromatic carbocycles. The van der Waals surface area contributed by atoms with Crippen molar-refractivity contribution in [1.29, 1.82) is 0 Å². The lowest BCUT2D eigenvalue weighted by Crippen LogP contribution is -2.36. The maximum atomic E-state index is 11.1. The van der Waals surface area contributed by atoms with Gasteiger partial charge in [-0.25, -0.2) is 4.79 Å². The minimum Gasteiger partial charge on any atom is -0.450 e. The third-order valence-electron chi connectivity index (χ3n) is 3.92. The summed E-state index contributed by atoms with van der Waals surface area (Å²) in [5.74, 6) is 0.829. The molecule has 2 N–H and O–H groups in total. The van der Waals surface area contributed by atoms with Gasteiger partial charge in [0.1, 0.15) is 0 Å². The second kappa shape index (κ2) is 7.87. The quantitative estimate of drug-likeness (QED) is 0.889. The van der Waals surface area contributed by atoms with Gasteiger partial charge in [0, 0.05) is 13.6 Å². The average molecular weight is 331 g/mol. The van der Waals surface area contributed by atoms with E-state index in [2.05, 4.69) is 10.6 Å². The predicted octanol–water partition coefficient (Wildman–Crippen LogP) is 3.43. The normalized spacial score (nSPS) is 21.9. The van der Waals surface area contributed by atoms with Gasteiger partial charge in [-0.05, 0) is 48.9 Å². The van der Waals surface area contributed by atoms with Gasteiger partial charge >= 0.3 is 6.09 Å². The van der Waals surface area contributed by atoms with E-state index >= 15 is 0 Å². The number of amides is 1. The fourth-order valence-electron chi connectivity index (χ4n) is 2.77. The summed E-state index contributed by atoms with van der Waals surface area (Å²) < 4.78 is 5.10. The second-order valence-electron chi connectivity index (χ2n) is 5.21. The maximum Gasteiger partial charge on any atom is 0.406 e. The number of rotatable bonds is 4. The Morgan fingerprint density at radius 1 is 1.43 bits per heavy atom. The lowest BCUT2D eigenvalue weighted by molar-refractivity contribution is 0.134. The van der Waals surface area contributed by atoms with Gasteiger partial charge in [0.2, 0.25) is 0 Å². The van der Waals surface area contributed by atoms with Gasteiger partial charge in [-0.3, -0.25) is 0 Å². The zero-order valence-electron chi connectivity index (χ0n) is 12.0. The summed E-state index contributed by atoms with van der Waals surface area (Å²) in [6.45, 7) is 2.33. The van der Waals surface area contributed by atoms with Crippen molar-refractivity contribution in [2.75, 3.05) is 26.7 Å². The molecule has 0 radical (unpaired) electrons. The number of alkyl carbamates (subject to hydrolysis) is 1. The Bertz CT molecular complexity index is 497. The maximum absolute atomic E-state index is 11.1. The van der Waals surface area contributed by atoms with E-state index in [1.54, 1.807) is 7.05 Å². The van der Waals surface area contributed by atoms with Crippen LogP contribution in [-0.4, -0.2) is 32.8 Å². The number of ether oxygens (including phenoxy) is 1. The number of hydrogen-bond donors (Lipinski definition) is 2. The average Bonchev–Trinajstić information content (AvgIpc) is 2.50. The third kappa shape index (κ3) is 4.50. The summed E-state index contributed by atoms with van der Waals surface area (Å²) in [6, 6.07) is 5.80. The number of carbonyl (C=O) groups is 1. The highest BCUT2D eigenvalue weighted by molar-refractivity contribution is 6.42. The summed E-state index contributed by atoms with van der Waals surface area (Å²) in [7, 11) is 1.56. The molecular formula is C15H20Cl2N2O2. The van der Waals surface area contributed by atoms with Crippen LogP contribution in [0.2, 0.25) is 10.0 Å². The van der Waals surface area contributed by atoms with E-state index in [1.807, 2.05) is 18.2 Å². The number of benzene rings is 1. The van der Waals surface area contributed by atoms with Gasteiger partial charge in [-0.2, -0.15) is 0 Å². The molecule has 0 aliphatic carbocycles. The summed E-state index contributed by atoms with van der Waals surface area (Å²) in [6.07, 6.45) is 1.53. The fourth-order valence-corrected chi connectivity index (χ4v) is 3.07. The van der Waals surface area contributed by atoms with Gasteiger partial charge in [0.05, 0.1) is 16.7 Å². The van der Waals surface area contributed by atoms with E-state index in [0.29, 0.717) is 28.5 Å². The van der Waals surface area contributed by atoms with Crippen molar-refractivity contribution in [3.63, 3.8) is 0 Å². The first kappa shape index (κ1) is 16.4. The largest absolute Gasteiger partial charge is 0.450 e. The highest BCUT2D eigenvalue weighted by atomic mass is 35.5. The minimum absolute atomic E-state index is 0.363. The van der Waals surface area contributed by atoms with E-state index in [1.165, 1.54) is 5.56 Å². The molecule has 0 aromatic heterocycles. The van der Waals surface area contributed by atoms with Crippen LogP contribution in [0.4, 0.5) is 4.79 Å². The number of hydrogen-bond acceptors (Lipinski definition) is 3. The minimum atomic E-state index is -0.380. The number of carbonyl (C=O) groups excluding carboxylic acids is 1. The van der Waals surface area contributed by atoms with Crippen molar-refractivity contribution >= 4 is 29.3 Å². The van der Waals surface area contributed by atoms with Gasteiger partial charge < -0.3 is 15.4 Å². The fraction of sp³-hybridized carbons (Fsp3) is 0.533.